The fraction of sp³-hybridized carbons (Fsp3) is 0.235. The van der Waals surface area contributed by atoms with Crippen LogP contribution in [0.25, 0.3) is 0 Å². The summed E-state index contributed by atoms with van der Waals surface area (Å²) in [5, 5.41) is 0. The van der Waals surface area contributed by atoms with Crippen molar-refractivity contribution in [3.05, 3.63) is 54.1 Å². The lowest BCUT2D eigenvalue weighted by Gasteiger charge is -2.10. The van der Waals surface area contributed by atoms with Gasteiger partial charge in [-0.1, -0.05) is 12.1 Å². The molecule has 0 radical (unpaired) electrons. The van der Waals surface area contributed by atoms with Gasteiger partial charge in [0.1, 0.15) is 18.1 Å². The fourth-order valence-corrected chi connectivity index (χ4v) is 3.09. The topological polar surface area (TPSA) is 90.9 Å². The first kappa shape index (κ1) is 18.8. The zero-order chi connectivity index (χ0) is 18.3. The number of carbonyl (C=O) groups is 1. The Kier molecular flexibility index (Phi) is 6.37. The molecule has 2 aromatic rings. The first-order valence-corrected chi connectivity index (χ1v) is 8.89. The monoisotopic (exact) mass is 365 g/mol. The molecule has 0 saturated heterocycles. The van der Waals surface area contributed by atoms with Gasteiger partial charge in [-0.25, -0.2) is 17.9 Å². The third kappa shape index (κ3) is 5.20. The van der Waals surface area contributed by atoms with Gasteiger partial charge in [0.05, 0.1) is 24.7 Å². The van der Waals surface area contributed by atoms with E-state index in [1.807, 2.05) is 0 Å². The molecule has 2 rings (SSSR count). The van der Waals surface area contributed by atoms with Crippen LogP contribution >= 0.6 is 0 Å². The molecule has 0 saturated carbocycles. The maximum Gasteiger partial charge on any atom is 0.337 e. The average molecular weight is 365 g/mol. The number of hydrogen-bond donors (Lipinski definition) is 1. The second-order valence-corrected chi connectivity index (χ2v) is 6.71. The molecule has 8 heteroatoms. The molecule has 0 fully saturated rings. The molecule has 0 aromatic heterocycles. The van der Waals surface area contributed by atoms with E-state index in [9.17, 15) is 13.2 Å². The Hall–Kier alpha value is -2.58. The molecule has 0 aliphatic carbocycles. The zero-order valence-corrected chi connectivity index (χ0v) is 14.7. The highest BCUT2D eigenvalue weighted by Gasteiger charge is 2.16. The third-order valence-corrected chi connectivity index (χ3v) is 4.73. The molecule has 1 N–H and O–H groups in total. The van der Waals surface area contributed by atoms with Crippen LogP contribution in [0.5, 0.6) is 11.5 Å². The second kappa shape index (κ2) is 8.50. The van der Waals surface area contributed by atoms with Crippen LogP contribution in [0.2, 0.25) is 0 Å². The molecule has 7 nitrogen and oxygen atoms in total. The van der Waals surface area contributed by atoms with E-state index in [0.29, 0.717) is 11.5 Å². The predicted molar refractivity (Wildman–Crippen MR) is 91.5 cm³/mol. The molecule has 134 valence electrons. The van der Waals surface area contributed by atoms with Crippen molar-refractivity contribution in [3.8, 4) is 11.5 Å². The van der Waals surface area contributed by atoms with Gasteiger partial charge in [-0.3, -0.25) is 0 Å². The van der Waals surface area contributed by atoms with Crippen molar-refractivity contribution in [3.63, 3.8) is 0 Å². The summed E-state index contributed by atoms with van der Waals surface area (Å²) >= 11 is 0. The van der Waals surface area contributed by atoms with E-state index < -0.39 is 16.0 Å². The highest BCUT2D eigenvalue weighted by Crippen LogP contribution is 2.18. The highest BCUT2D eigenvalue weighted by atomic mass is 32.2. The molecule has 0 amide bonds. The van der Waals surface area contributed by atoms with Crippen molar-refractivity contribution in [1.29, 1.82) is 0 Å². The van der Waals surface area contributed by atoms with Gasteiger partial charge in [-0.15, -0.1) is 0 Å². The normalized spacial score (nSPS) is 11.0. The van der Waals surface area contributed by atoms with Gasteiger partial charge in [0.25, 0.3) is 0 Å². The van der Waals surface area contributed by atoms with Crippen LogP contribution in [0.4, 0.5) is 0 Å². The molecule has 0 aliphatic rings. The number of benzene rings is 2. The van der Waals surface area contributed by atoms with Gasteiger partial charge in [0.15, 0.2) is 0 Å². The van der Waals surface area contributed by atoms with Crippen molar-refractivity contribution in [2.45, 2.75) is 4.90 Å². The van der Waals surface area contributed by atoms with Crippen LogP contribution in [0, 0.1) is 0 Å². The number of esters is 1. The molecule has 0 atom stereocenters. The summed E-state index contributed by atoms with van der Waals surface area (Å²) in [6.45, 7) is 0.213. The van der Waals surface area contributed by atoms with E-state index in [2.05, 4.69) is 9.46 Å². The molecule has 2 aromatic carbocycles. The highest BCUT2D eigenvalue weighted by molar-refractivity contribution is 7.89. The summed E-state index contributed by atoms with van der Waals surface area (Å²) in [4.78, 5) is 11.5. The fourth-order valence-electron chi connectivity index (χ4n) is 2.03. The van der Waals surface area contributed by atoms with Crippen molar-refractivity contribution >= 4 is 16.0 Å². The van der Waals surface area contributed by atoms with Gasteiger partial charge in [0, 0.05) is 12.6 Å². The van der Waals surface area contributed by atoms with Gasteiger partial charge < -0.3 is 14.2 Å². The molecule has 0 spiro atoms. The maximum atomic E-state index is 12.3. The molecular formula is C17H19NO6S. The molecule has 0 aliphatic heterocycles. The summed E-state index contributed by atoms with van der Waals surface area (Å²) < 4.78 is 42.1. The second-order valence-electron chi connectivity index (χ2n) is 4.94. The van der Waals surface area contributed by atoms with E-state index in [1.54, 1.807) is 31.4 Å². The standard InChI is InChI=1S/C17H19NO6S/c1-22-14-6-4-7-15(12-14)24-10-9-18-25(20,21)16-8-3-5-13(11-16)17(19)23-2/h3-8,11-12,18H,9-10H2,1-2H3. The zero-order valence-electron chi connectivity index (χ0n) is 13.9. The summed E-state index contributed by atoms with van der Waals surface area (Å²) in [5.74, 6) is 0.627. The van der Waals surface area contributed by atoms with E-state index in [-0.39, 0.29) is 23.6 Å². The first-order valence-electron chi connectivity index (χ1n) is 7.41. The Bertz CT molecular complexity index is 835. The lowest BCUT2D eigenvalue weighted by molar-refractivity contribution is 0.0600. The molecular weight excluding hydrogens is 346 g/mol. The summed E-state index contributed by atoms with van der Waals surface area (Å²) in [6, 6.07) is 12.6. The van der Waals surface area contributed by atoms with Crippen LogP contribution in [0.1, 0.15) is 10.4 Å². The third-order valence-electron chi connectivity index (χ3n) is 3.27. The van der Waals surface area contributed by atoms with Crippen LogP contribution in [-0.4, -0.2) is 41.8 Å². The Morgan fingerprint density at radius 2 is 1.76 bits per heavy atom. The molecule has 0 unspecified atom stereocenters. The number of ether oxygens (including phenoxy) is 3. The number of hydrogen-bond acceptors (Lipinski definition) is 6. The van der Waals surface area contributed by atoms with Gasteiger partial charge in [0.2, 0.25) is 10.0 Å². The van der Waals surface area contributed by atoms with Gasteiger partial charge in [-0.2, -0.15) is 0 Å². The number of rotatable bonds is 8. The Balaban J connectivity index is 1.94. The average Bonchev–Trinajstić information content (AvgIpc) is 2.65. The van der Waals surface area contributed by atoms with Crippen LogP contribution in [0.15, 0.2) is 53.4 Å². The van der Waals surface area contributed by atoms with Crippen molar-refractivity contribution < 1.29 is 27.4 Å². The summed E-state index contributed by atoms with van der Waals surface area (Å²) in [7, 11) is -0.969. The Labute approximate surface area is 146 Å². The lowest BCUT2D eigenvalue weighted by atomic mass is 10.2. The Morgan fingerprint density at radius 1 is 1.04 bits per heavy atom. The minimum atomic E-state index is -3.75. The van der Waals surface area contributed by atoms with E-state index in [0.717, 1.165) is 0 Å². The quantitative estimate of drug-likeness (QED) is 0.567. The SMILES string of the molecule is COC(=O)c1cccc(S(=O)(=O)NCCOc2cccc(OC)c2)c1. The van der Waals surface area contributed by atoms with Crippen LogP contribution < -0.4 is 14.2 Å². The first-order chi connectivity index (χ1) is 12.0. The van der Waals surface area contributed by atoms with E-state index in [4.69, 9.17) is 9.47 Å². The maximum absolute atomic E-state index is 12.3. The number of carbonyl (C=O) groups excluding carboxylic acids is 1. The number of sulfonamides is 1. The van der Waals surface area contributed by atoms with Crippen molar-refractivity contribution in [2.75, 3.05) is 27.4 Å². The molecule has 0 heterocycles. The molecule has 25 heavy (non-hydrogen) atoms. The molecule has 0 bridgehead atoms. The minimum Gasteiger partial charge on any atom is -0.497 e. The predicted octanol–water partition coefficient (Wildman–Crippen LogP) is 1.84. The summed E-state index contributed by atoms with van der Waals surface area (Å²) in [6.07, 6.45) is 0. The lowest BCUT2D eigenvalue weighted by Crippen LogP contribution is -2.28. The van der Waals surface area contributed by atoms with Crippen LogP contribution in [-0.2, 0) is 14.8 Å². The van der Waals surface area contributed by atoms with E-state index in [1.165, 1.54) is 31.4 Å². The van der Waals surface area contributed by atoms with Gasteiger partial charge in [-0.05, 0) is 30.3 Å². The van der Waals surface area contributed by atoms with Gasteiger partial charge >= 0.3 is 5.97 Å². The summed E-state index contributed by atoms with van der Waals surface area (Å²) in [5.41, 5.74) is 0.165. The van der Waals surface area contributed by atoms with Crippen molar-refractivity contribution in [2.24, 2.45) is 0 Å². The largest absolute Gasteiger partial charge is 0.497 e. The number of methoxy groups -OCH3 is 2. The smallest absolute Gasteiger partial charge is 0.337 e. The number of nitrogens with one attached hydrogen (secondary N) is 1. The van der Waals surface area contributed by atoms with Crippen LogP contribution in [0.3, 0.4) is 0 Å². The van der Waals surface area contributed by atoms with Crippen molar-refractivity contribution in [1.82, 2.24) is 4.72 Å². The minimum absolute atomic E-state index is 0.0169. The Morgan fingerprint density at radius 3 is 2.48 bits per heavy atom. The van der Waals surface area contributed by atoms with E-state index >= 15 is 0 Å².